The van der Waals surface area contributed by atoms with Crippen molar-refractivity contribution in [3.8, 4) is 16.9 Å². The standard InChI is InChI=1S/C25H23NO5/c1-3-4-7-17-11-13-21(31-15-23(29)30)24(16(17)2)25-19-9-6-5-8-18(19)10-12-20(25)26-14-22(27)28/h3-13,26H,2,14-15H2,1H3,(H,27,28)(H,29,30)/b4-3-,17-7-. The van der Waals surface area contributed by atoms with Gasteiger partial charge < -0.3 is 20.3 Å². The van der Waals surface area contributed by atoms with Crippen LogP contribution in [0.25, 0.3) is 34.6 Å². The van der Waals surface area contributed by atoms with Gasteiger partial charge in [-0.15, -0.1) is 0 Å². The highest BCUT2D eigenvalue weighted by Crippen LogP contribution is 2.38. The molecule has 3 aromatic rings. The van der Waals surface area contributed by atoms with E-state index in [4.69, 9.17) is 14.9 Å². The lowest BCUT2D eigenvalue weighted by atomic mass is 9.93. The smallest absolute Gasteiger partial charge is 0.341 e. The fraction of sp³-hybridized carbons (Fsp3) is 0.120. The Bertz CT molecular complexity index is 1280. The summed E-state index contributed by atoms with van der Waals surface area (Å²) >= 11 is 0. The minimum absolute atomic E-state index is 0.270. The second-order valence-electron chi connectivity index (χ2n) is 6.84. The van der Waals surface area contributed by atoms with Crippen molar-refractivity contribution < 1.29 is 24.5 Å². The number of benzene rings is 3. The van der Waals surface area contributed by atoms with E-state index >= 15 is 0 Å². The van der Waals surface area contributed by atoms with Crippen LogP contribution in [0.1, 0.15) is 6.92 Å². The molecule has 0 atom stereocenters. The van der Waals surface area contributed by atoms with Crippen LogP contribution in [0.4, 0.5) is 5.69 Å². The first-order chi connectivity index (χ1) is 14.9. The van der Waals surface area contributed by atoms with E-state index in [1.807, 2.05) is 67.6 Å². The molecule has 0 amide bonds. The number of allylic oxidation sites excluding steroid dienone is 2. The topological polar surface area (TPSA) is 95.9 Å². The fourth-order valence-electron chi connectivity index (χ4n) is 3.39. The summed E-state index contributed by atoms with van der Waals surface area (Å²) in [6.07, 6.45) is 5.69. The zero-order chi connectivity index (χ0) is 22.4. The van der Waals surface area contributed by atoms with Crippen LogP contribution in [0.2, 0.25) is 0 Å². The molecular weight excluding hydrogens is 394 g/mol. The van der Waals surface area contributed by atoms with E-state index in [0.29, 0.717) is 27.8 Å². The number of carboxylic acid groups (broad SMARTS) is 2. The maximum atomic E-state index is 11.2. The van der Waals surface area contributed by atoms with E-state index in [0.717, 1.165) is 16.0 Å². The summed E-state index contributed by atoms with van der Waals surface area (Å²) in [6.45, 7) is 5.37. The second-order valence-corrected chi connectivity index (χ2v) is 6.84. The van der Waals surface area contributed by atoms with Gasteiger partial charge in [0, 0.05) is 16.8 Å². The van der Waals surface area contributed by atoms with Gasteiger partial charge in [0.15, 0.2) is 6.61 Å². The number of hydrogen-bond donors (Lipinski definition) is 3. The molecule has 0 spiro atoms. The van der Waals surface area contributed by atoms with Gasteiger partial charge in [-0.25, -0.2) is 4.79 Å². The van der Waals surface area contributed by atoms with E-state index in [1.165, 1.54) is 0 Å². The van der Waals surface area contributed by atoms with Crippen molar-refractivity contribution in [3.63, 3.8) is 0 Å². The Hall–Kier alpha value is -4.06. The Morgan fingerprint density at radius 2 is 1.81 bits per heavy atom. The highest BCUT2D eigenvalue weighted by molar-refractivity contribution is 6.04. The van der Waals surface area contributed by atoms with Gasteiger partial charge in [0.1, 0.15) is 12.3 Å². The Kier molecular flexibility index (Phi) is 6.72. The number of carboxylic acids is 2. The van der Waals surface area contributed by atoms with Crippen molar-refractivity contribution in [2.45, 2.75) is 6.92 Å². The number of rotatable bonds is 8. The Morgan fingerprint density at radius 3 is 2.52 bits per heavy atom. The molecule has 0 saturated carbocycles. The number of anilines is 1. The number of ether oxygens (including phenoxy) is 1. The lowest BCUT2D eigenvalue weighted by Crippen LogP contribution is -2.26. The second kappa shape index (κ2) is 9.63. The maximum Gasteiger partial charge on any atom is 0.341 e. The van der Waals surface area contributed by atoms with Crippen LogP contribution in [0.15, 0.2) is 60.7 Å². The van der Waals surface area contributed by atoms with E-state index in [1.54, 1.807) is 6.07 Å². The third-order valence-electron chi connectivity index (χ3n) is 4.74. The molecule has 0 aromatic heterocycles. The lowest BCUT2D eigenvalue weighted by Gasteiger charge is -2.18. The molecule has 6 heteroatoms. The highest BCUT2D eigenvalue weighted by Gasteiger charge is 2.17. The first-order valence-electron chi connectivity index (χ1n) is 9.69. The molecule has 0 saturated heterocycles. The number of fused-ring (bicyclic) bond motifs is 1. The van der Waals surface area contributed by atoms with Crippen LogP contribution < -0.4 is 20.5 Å². The minimum Gasteiger partial charge on any atom is -0.481 e. The minimum atomic E-state index is -1.09. The van der Waals surface area contributed by atoms with Gasteiger partial charge in [-0.3, -0.25) is 4.79 Å². The zero-order valence-corrected chi connectivity index (χ0v) is 17.1. The van der Waals surface area contributed by atoms with Crippen LogP contribution in [-0.4, -0.2) is 35.3 Å². The molecule has 0 radical (unpaired) electrons. The maximum absolute atomic E-state index is 11.2. The molecule has 0 fully saturated rings. The number of carbonyl (C=O) groups is 2. The molecule has 0 aliphatic heterocycles. The molecule has 31 heavy (non-hydrogen) atoms. The van der Waals surface area contributed by atoms with Crippen molar-refractivity contribution in [2.75, 3.05) is 18.5 Å². The van der Waals surface area contributed by atoms with E-state index < -0.39 is 18.5 Å². The van der Waals surface area contributed by atoms with Crippen molar-refractivity contribution in [2.24, 2.45) is 0 Å². The number of hydrogen-bond acceptors (Lipinski definition) is 4. The molecule has 3 N–H and O–H groups in total. The van der Waals surface area contributed by atoms with Crippen molar-refractivity contribution >= 4 is 41.1 Å². The van der Waals surface area contributed by atoms with Gasteiger partial charge in [-0.2, -0.15) is 0 Å². The first-order valence-corrected chi connectivity index (χ1v) is 9.69. The summed E-state index contributed by atoms with van der Waals surface area (Å²) in [5.41, 5.74) is 1.92. The van der Waals surface area contributed by atoms with E-state index in [9.17, 15) is 9.59 Å². The monoisotopic (exact) mass is 417 g/mol. The van der Waals surface area contributed by atoms with Gasteiger partial charge in [-0.05, 0) is 40.3 Å². The highest BCUT2D eigenvalue weighted by atomic mass is 16.5. The quantitative estimate of drug-likeness (QED) is 0.521. The molecule has 0 aliphatic rings. The van der Waals surface area contributed by atoms with Crippen LogP contribution in [0, 0.1) is 0 Å². The average Bonchev–Trinajstić information content (AvgIpc) is 2.75. The van der Waals surface area contributed by atoms with Crippen LogP contribution in [-0.2, 0) is 9.59 Å². The van der Waals surface area contributed by atoms with Gasteiger partial charge in [0.2, 0.25) is 0 Å². The summed E-state index contributed by atoms with van der Waals surface area (Å²) in [5.74, 6) is -1.73. The Balaban J connectivity index is 2.38. The third-order valence-corrected chi connectivity index (χ3v) is 4.74. The zero-order valence-electron chi connectivity index (χ0n) is 17.1. The average molecular weight is 417 g/mol. The van der Waals surface area contributed by atoms with Crippen molar-refractivity contribution in [1.29, 1.82) is 0 Å². The van der Waals surface area contributed by atoms with Crippen molar-refractivity contribution in [1.82, 2.24) is 0 Å². The predicted octanol–water partition coefficient (Wildman–Crippen LogP) is 3.23. The molecular formula is C25H23NO5. The molecule has 3 rings (SSSR count). The summed E-state index contributed by atoms with van der Waals surface area (Å²) in [4.78, 5) is 22.3. The van der Waals surface area contributed by atoms with E-state index in [2.05, 4.69) is 11.9 Å². The van der Waals surface area contributed by atoms with Gasteiger partial charge in [0.05, 0.1) is 0 Å². The van der Waals surface area contributed by atoms with Crippen LogP contribution in [0.5, 0.6) is 5.75 Å². The summed E-state index contributed by atoms with van der Waals surface area (Å²) in [5, 5.41) is 24.5. The van der Waals surface area contributed by atoms with Gasteiger partial charge in [0.25, 0.3) is 0 Å². The van der Waals surface area contributed by atoms with E-state index in [-0.39, 0.29) is 6.54 Å². The molecule has 0 bridgehead atoms. The summed E-state index contributed by atoms with van der Waals surface area (Å²) < 4.78 is 5.61. The summed E-state index contributed by atoms with van der Waals surface area (Å²) in [7, 11) is 0. The normalized spacial score (nSPS) is 11.7. The van der Waals surface area contributed by atoms with Crippen molar-refractivity contribution in [3.05, 3.63) is 71.1 Å². The largest absolute Gasteiger partial charge is 0.481 e. The Labute approximate surface area is 179 Å². The predicted molar refractivity (Wildman–Crippen MR) is 123 cm³/mol. The van der Waals surface area contributed by atoms with Crippen LogP contribution >= 0.6 is 0 Å². The lowest BCUT2D eigenvalue weighted by molar-refractivity contribution is -0.139. The summed E-state index contributed by atoms with van der Waals surface area (Å²) in [6, 6.07) is 14.9. The number of nitrogens with one attached hydrogen (secondary N) is 1. The molecule has 0 aliphatic carbocycles. The fourth-order valence-corrected chi connectivity index (χ4v) is 3.39. The van der Waals surface area contributed by atoms with Gasteiger partial charge in [-0.1, -0.05) is 61.2 Å². The Morgan fingerprint density at radius 1 is 1.03 bits per heavy atom. The third kappa shape index (κ3) is 4.93. The van der Waals surface area contributed by atoms with Crippen LogP contribution in [0.3, 0.4) is 0 Å². The number of aliphatic carboxylic acids is 2. The molecule has 3 aromatic carbocycles. The molecule has 0 heterocycles. The van der Waals surface area contributed by atoms with Gasteiger partial charge >= 0.3 is 11.9 Å². The molecule has 0 unspecified atom stereocenters. The first kappa shape index (κ1) is 21.6. The SMILES string of the molecule is C=c1c(-c2c(NCC(=O)O)ccc3ccccc23)c(OCC(=O)O)cc/c1=C/C=C\C. The molecule has 6 nitrogen and oxygen atoms in total. The molecule has 158 valence electrons.